The van der Waals surface area contributed by atoms with Gasteiger partial charge in [0.25, 0.3) is 0 Å². The molecule has 1 saturated heterocycles. The minimum absolute atomic E-state index is 0.194. The zero-order valence-corrected chi connectivity index (χ0v) is 12.1. The Morgan fingerprint density at radius 3 is 2.80 bits per heavy atom. The summed E-state index contributed by atoms with van der Waals surface area (Å²) in [4.78, 5) is 0. The first-order valence-corrected chi connectivity index (χ1v) is 8.17. The Hall–Kier alpha value is -0.860. The normalized spacial score (nSPS) is 35.4. The molecule has 2 fully saturated rings. The molecular formula is C18H24O2. The summed E-state index contributed by atoms with van der Waals surface area (Å²) >= 11 is 0. The molecule has 2 heteroatoms. The van der Waals surface area contributed by atoms with E-state index >= 15 is 0 Å². The van der Waals surface area contributed by atoms with Crippen LogP contribution in [0.25, 0.3) is 0 Å². The molecule has 3 unspecified atom stereocenters. The molecule has 0 amide bonds. The molecule has 0 bridgehead atoms. The van der Waals surface area contributed by atoms with Crippen molar-refractivity contribution in [2.75, 3.05) is 6.61 Å². The second kappa shape index (κ2) is 4.85. The van der Waals surface area contributed by atoms with E-state index in [1.54, 1.807) is 0 Å². The first kappa shape index (κ1) is 12.8. The van der Waals surface area contributed by atoms with Crippen LogP contribution in [-0.2, 0) is 11.2 Å². The van der Waals surface area contributed by atoms with Crippen molar-refractivity contribution < 1.29 is 9.84 Å². The number of aryl methyl sites for hydroxylation is 1. The Bertz CT molecular complexity index is 492. The van der Waals surface area contributed by atoms with E-state index in [0.717, 1.165) is 25.9 Å². The van der Waals surface area contributed by atoms with Crippen LogP contribution in [0.3, 0.4) is 0 Å². The lowest BCUT2D eigenvalue weighted by Crippen LogP contribution is -2.47. The molecule has 3 atom stereocenters. The van der Waals surface area contributed by atoms with Crippen LogP contribution in [0.1, 0.15) is 55.8 Å². The fraction of sp³-hybridized carbons (Fsp3) is 0.667. The van der Waals surface area contributed by atoms with Crippen LogP contribution in [0.2, 0.25) is 0 Å². The second-order valence-corrected chi connectivity index (χ2v) is 6.98. The fourth-order valence-corrected chi connectivity index (χ4v) is 4.61. The molecule has 1 aliphatic heterocycles. The van der Waals surface area contributed by atoms with Crippen LogP contribution in [0.15, 0.2) is 24.3 Å². The summed E-state index contributed by atoms with van der Waals surface area (Å²) in [5.74, 6) is 1.08. The Morgan fingerprint density at radius 2 is 2.00 bits per heavy atom. The summed E-state index contributed by atoms with van der Waals surface area (Å²) in [5.41, 5.74) is 2.72. The summed E-state index contributed by atoms with van der Waals surface area (Å²) in [6.07, 6.45) is 8.11. The number of hydrogen-bond donors (Lipinski definition) is 1. The highest BCUT2D eigenvalue weighted by molar-refractivity contribution is 5.32. The van der Waals surface area contributed by atoms with E-state index in [0.29, 0.717) is 11.8 Å². The highest BCUT2D eigenvalue weighted by Gasteiger charge is 2.46. The number of hydrogen-bond acceptors (Lipinski definition) is 2. The summed E-state index contributed by atoms with van der Waals surface area (Å²) < 4.78 is 6.05. The van der Waals surface area contributed by atoms with Gasteiger partial charge in [0, 0.05) is 6.61 Å². The van der Waals surface area contributed by atoms with Crippen LogP contribution in [0.4, 0.5) is 0 Å². The van der Waals surface area contributed by atoms with Gasteiger partial charge in [-0.25, -0.2) is 0 Å². The van der Waals surface area contributed by atoms with Crippen molar-refractivity contribution in [3.63, 3.8) is 0 Å². The molecule has 1 aromatic carbocycles. The molecule has 4 rings (SSSR count). The van der Waals surface area contributed by atoms with E-state index in [1.165, 1.54) is 36.8 Å². The molecule has 0 radical (unpaired) electrons. The third-order valence-corrected chi connectivity index (χ3v) is 5.93. The molecule has 20 heavy (non-hydrogen) atoms. The van der Waals surface area contributed by atoms with Crippen LogP contribution in [0.5, 0.6) is 0 Å². The van der Waals surface area contributed by atoms with Crippen LogP contribution in [-0.4, -0.2) is 17.3 Å². The van der Waals surface area contributed by atoms with E-state index in [-0.39, 0.29) is 11.7 Å². The number of ether oxygens (including phenoxy) is 1. The Balaban J connectivity index is 1.54. The molecule has 108 valence electrons. The third-order valence-electron chi connectivity index (χ3n) is 5.93. The van der Waals surface area contributed by atoms with Crippen molar-refractivity contribution in [3.05, 3.63) is 35.4 Å². The first-order valence-electron chi connectivity index (χ1n) is 8.17. The highest BCUT2D eigenvalue weighted by atomic mass is 16.5. The molecular weight excluding hydrogens is 248 g/mol. The predicted molar refractivity (Wildman–Crippen MR) is 78.5 cm³/mol. The number of benzene rings is 1. The molecule has 1 N–H and O–H groups in total. The lowest BCUT2D eigenvalue weighted by molar-refractivity contribution is -0.157. The number of rotatable bonds is 1. The van der Waals surface area contributed by atoms with Gasteiger partial charge in [0.2, 0.25) is 0 Å². The van der Waals surface area contributed by atoms with Gasteiger partial charge in [-0.1, -0.05) is 24.3 Å². The van der Waals surface area contributed by atoms with Gasteiger partial charge in [0.15, 0.2) is 0 Å². The van der Waals surface area contributed by atoms with Gasteiger partial charge in [0.1, 0.15) is 0 Å². The number of fused-ring (bicyclic) bond motifs is 1. The molecule has 2 nitrogen and oxygen atoms in total. The summed E-state index contributed by atoms with van der Waals surface area (Å²) in [6.45, 7) is 0.898. The van der Waals surface area contributed by atoms with Gasteiger partial charge in [-0.2, -0.15) is 0 Å². The fourth-order valence-electron chi connectivity index (χ4n) is 4.61. The lowest BCUT2D eigenvalue weighted by Gasteiger charge is -2.50. The minimum atomic E-state index is -0.264. The van der Waals surface area contributed by atoms with Crippen molar-refractivity contribution in [1.29, 1.82) is 0 Å². The van der Waals surface area contributed by atoms with Gasteiger partial charge < -0.3 is 9.84 Å². The Labute approximate surface area is 121 Å². The zero-order chi connectivity index (χ0) is 13.6. The van der Waals surface area contributed by atoms with E-state index in [1.807, 2.05) is 0 Å². The number of aliphatic hydroxyl groups excluding tert-OH is 1. The van der Waals surface area contributed by atoms with E-state index in [2.05, 4.69) is 24.3 Å². The smallest absolute Gasteiger partial charge is 0.0823 e. The predicted octanol–water partition coefficient (Wildman–Crippen LogP) is 3.63. The summed E-state index contributed by atoms with van der Waals surface area (Å²) in [6, 6.07) is 8.43. The molecule has 2 aliphatic carbocycles. The van der Waals surface area contributed by atoms with Crippen molar-refractivity contribution in [2.24, 2.45) is 11.8 Å². The molecule has 3 aliphatic rings. The van der Waals surface area contributed by atoms with Gasteiger partial charge in [0.05, 0.1) is 11.7 Å². The maximum Gasteiger partial charge on any atom is 0.0823 e. The van der Waals surface area contributed by atoms with Gasteiger partial charge in [-0.3, -0.25) is 0 Å². The molecule has 1 heterocycles. The quantitative estimate of drug-likeness (QED) is 0.846. The molecule has 0 aromatic heterocycles. The maximum atomic E-state index is 10.8. The largest absolute Gasteiger partial charge is 0.388 e. The number of aliphatic hydroxyl groups is 1. The van der Waals surface area contributed by atoms with Crippen molar-refractivity contribution in [2.45, 2.75) is 56.7 Å². The van der Waals surface area contributed by atoms with E-state index in [9.17, 15) is 5.11 Å². The standard InChI is InChI=1S/C18H24O2/c19-17-15-5-2-1-4-13(15)6-7-16(17)14-8-11-20-18(12-14)9-3-10-18/h1-2,4-5,14,16-17,19H,3,6-12H2. The van der Waals surface area contributed by atoms with E-state index in [4.69, 9.17) is 4.74 Å². The van der Waals surface area contributed by atoms with Crippen molar-refractivity contribution >= 4 is 0 Å². The Morgan fingerprint density at radius 1 is 1.15 bits per heavy atom. The average Bonchev–Trinajstić information content (AvgIpc) is 2.46. The van der Waals surface area contributed by atoms with Gasteiger partial charge in [-0.05, 0) is 67.9 Å². The molecule has 1 spiro atoms. The molecule has 1 saturated carbocycles. The first-order chi connectivity index (χ1) is 9.77. The van der Waals surface area contributed by atoms with Gasteiger partial charge >= 0.3 is 0 Å². The highest BCUT2D eigenvalue weighted by Crippen LogP contribution is 2.49. The SMILES string of the molecule is OC1c2ccccc2CCC1C1CCOC2(CCC2)C1. The topological polar surface area (TPSA) is 29.5 Å². The molecule has 1 aromatic rings. The van der Waals surface area contributed by atoms with Crippen molar-refractivity contribution in [1.82, 2.24) is 0 Å². The monoisotopic (exact) mass is 272 g/mol. The summed E-state index contributed by atoms with van der Waals surface area (Å²) in [5, 5.41) is 10.8. The Kier molecular flexibility index (Phi) is 3.12. The summed E-state index contributed by atoms with van der Waals surface area (Å²) in [7, 11) is 0. The maximum absolute atomic E-state index is 10.8. The van der Waals surface area contributed by atoms with Crippen LogP contribution >= 0.6 is 0 Å². The van der Waals surface area contributed by atoms with Crippen LogP contribution < -0.4 is 0 Å². The van der Waals surface area contributed by atoms with Crippen molar-refractivity contribution in [3.8, 4) is 0 Å². The zero-order valence-electron chi connectivity index (χ0n) is 12.1. The average molecular weight is 272 g/mol. The van der Waals surface area contributed by atoms with Crippen LogP contribution in [0, 0.1) is 11.8 Å². The third kappa shape index (κ3) is 2.01. The van der Waals surface area contributed by atoms with E-state index < -0.39 is 0 Å². The second-order valence-electron chi connectivity index (χ2n) is 6.98. The lowest BCUT2D eigenvalue weighted by atomic mass is 9.65. The van der Waals surface area contributed by atoms with Gasteiger partial charge in [-0.15, -0.1) is 0 Å². The minimum Gasteiger partial charge on any atom is -0.388 e.